The van der Waals surface area contributed by atoms with Gasteiger partial charge in [-0.1, -0.05) is 91.0 Å². The molecule has 0 spiro atoms. The molecule has 0 amide bonds. The molecule has 1 unspecified atom stereocenters. The zero-order valence-corrected chi connectivity index (χ0v) is 27.8. The molecule has 0 N–H and O–H groups in total. The zero-order chi connectivity index (χ0) is 35.6. The molecule has 0 saturated carbocycles. The van der Waals surface area contributed by atoms with Crippen molar-refractivity contribution < 1.29 is 47.1 Å². The molecule has 1 saturated heterocycles. The quantitative estimate of drug-likeness (QED) is 0.118. The summed E-state index contributed by atoms with van der Waals surface area (Å²) in [4.78, 5) is 54.4. The van der Waals surface area contributed by atoms with Crippen LogP contribution in [0.3, 0.4) is 0 Å². The molecule has 0 radical (unpaired) electrons. The van der Waals surface area contributed by atoms with Crippen LogP contribution in [-0.4, -0.2) is 64.5 Å². The van der Waals surface area contributed by atoms with E-state index in [2.05, 4.69) is 0 Å². The third kappa shape index (κ3) is 8.64. The summed E-state index contributed by atoms with van der Waals surface area (Å²) in [6, 6.07) is 40.7. The maximum atomic E-state index is 14.3. The zero-order valence-electron chi connectivity index (χ0n) is 27.0. The Kier molecular flexibility index (Phi) is 11.4. The summed E-state index contributed by atoms with van der Waals surface area (Å²) in [5.41, 5.74) is -0.763. The van der Waals surface area contributed by atoms with Crippen molar-refractivity contribution in [2.45, 2.75) is 34.7 Å². The second-order valence-electron chi connectivity index (χ2n) is 11.3. The van der Waals surface area contributed by atoms with Crippen LogP contribution >= 0.6 is 0 Å². The Balaban J connectivity index is 1.44. The van der Waals surface area contributed by atoms with Gasteiger partial charge in [-0.2, -0.15) is 0 Å². The normalized spacial score (nSPS) is 20.3. The maximum Gasteiger partial charge on any atom is 0.338 e. The van der Waals surface area contributed by atoms with E-state index in [9.17, 15) is 23.4 Å². The molecular weight excluding hydrogens is 672 g/mol. The summed E-state index contributed by atoms with van der Waals surface area (Å²) in [7, 11) is -2.06. The van der Waals surface area contributed by atoms with Gasteiger partial charge in [-0.3, -0.25) is 4.21 Å². The van der Waals surface area contributed by atoms with Crippen molar-refractivity contribution in [1.82, 2.24) is 0 Å². The standard InChI is InChI=1S/C40H32O10S/c41-36(27-16-6-1-7-17-27)46-26-32-33(48-37(42)28-18-8-2-9-19-28)34(49-38(43)29-20-10-3-11-21-29)35(50-39(44)30-22-12-4-13-23-30)40(47-32)51(45)31-24-14-5-15-25-31/h1-25,32-35,40H,26H2/t32-,33-,34+,35-,40+,51?/m1/s1. The van der Waals surface area contributed by atoms with Crippen molar-refractivity contribution in [3.8, 4) is 0 Å². The molecule has 5 aromatic carbocycles. The highest BCUT2D eigenvalue weighted by molar-refractivity contribution is 7.85. The molecule has 1 aliphatic heterocycles. The fourth-order valence-electron chi connectivity index (χ4n) is 5.39. The molecule has 0 bridgehead atoms. The SMILES string of the molecule is O=C(OC[C@H]1O[C@@H](S(=O)c2ccccc2)[C@H](OC(=O)c2ccccc2)[C@@H](OC(=O)c2ccccc2)[C@@H]1OC(=O)c1ccccc1)c1ccccc1. The summed E-state index contributed by atoms with van der Waals surface area (Å²) in [5, 5.41) is 0. The van der Waals surface area contributed by atoms with Crippen LogP contribution in [-0.2, 0) is 34.5 Å². The average molecular weight is 705 g/mol. The van der Waals surface area contributed by atoms with E-state index in [-0.39, 0.29) is 22.3 Å². The van der Waals surface area contributed by atoms with Gasteiger partial charge in [-0.15, -0.1) is 0 Å². The Morgan fingerprint density at radius 3 is 1.25 bits per heavy atom. The van der Waals surface area contributed by atoms with Crippen molar-refractivity contribution in [3.05, 3.63) is 174 Å². The van der Waals surface area contributed by atoms with E-state index in [1.807, 2.05) is 0 Å². The van der Waals surface area contributed by atoms with Gasteiger partial charge in [0, 0.05) is 4.90 Å². The van der Waals surface area contributed by atoms with E-state index >= 15 is 0 Å². The van der Waals surface area contributed by atoms with Crippen LogP contribution in [0.15, 0.2) is 157 Å². The van der Waals surface area contributed by atoms with Gasteiger partial charge in [0.25, 0.3) is 0 Å². The topological polar surface area (TPSA) is 132 Å². The lowest BCUT2D eigenvalue weighted by molar-refractivity contribution is -0.208. The first-order valence-corrected chi connectivity index (χ1v) is 17.2. The Hall–Kier alpha value is -5.91. The highest BCUT2D eigenvalue weighted by Gasteiger charge is 2.55. The van der Waals surface area contributed by atoms with Crippen molar-refractivity contribution in [2.24, 2.45) is 0 Å². The number of carbonyl (C=O) groups is 4. The van der Waals surface area contributed by atoms with Crippen LogP contribution in [0.4, 0.5) is 0 Å². The molecular formula is C40H32O10S. The Labute approximate surface area is 296 Å². The van der Waals surface area contributed by atoms with E-state index < -0.39 is 71.1 Å². The summed E-state index contributed by atoms with van der Waals surface area (Å²) < 4.78 is 44.4. The Morgan fingerprint density at radius 2 is 0.824 bits per heavy atom. The smallest absolute Gasteiger partial charge is 0.338 e. The number of ether oxygens (including phenoxy) is 5. The Morgan fingerprint density at radius 1 is 0.471 bits per heavy atom. The summed E-state index contributed by atoms with van der Waals surface area (Å²) in [5.74, 6) is -3.20. The van der Waals surface area contributed by atoms with Gasteiger partial charge < -0.3 is 23.7 Å². The largest absolute Gasteiger partial charge is 0.459 e. The monoisotopic (exact) mass is 704 g/mol. The van der Waals surface area contributed by atoms with Gasteiger partial charge in [0.05, 0.1) is 33.1 Å². The molecule has 5 aromatic rings. The molecule has 1 heterocycles. The average Bonchev–Trinajstić information content (AvgIpc) is 3.19. The summed E-state index contributed by atoms with van der Waals surface area (Å²) in [6.07, 6.45) is -6.04. The first kappa shape index (κ1) is 34.9. The predicted octanol–water partition coefficient (Wildman–Crippen LogP) is 6.05. The highest BCUT2D eigenvalue weighted by Crippen LogP contribution is 2.34. The minimum atomic E-state index is -2.06. The molecule has 6 rings (SSSR count). The minimum absolute atomic E-state index is 0.151. The highest BCUT2D eigenvalue weighted by atomic mass is 32.2. The molecule has 1 fully saturated rings. The lowest BCUT2D eigenvalue weighted by Crippen LogP contribution is -2.63. The predicted molar refractivity (Wildman–Crippen MR) is 185 cm³/mol. The minimum Gasteiger partial charge on any atom is -0.459 e. The van der Waals surface area contributed by atoms with Gasteiger partial charge in [-0.05, 0) is 60.7 Å². The van der Waals surface area contributed by atoms with E-state index in [0.29, 0.717) is 4.90 Å². The number of hydrogen-bond donors (Lipinski definition) is 0. The lowest BCUT2D eigenvalue weighted by atomic mass is 9.98. The summed E-state index contributed by atoms with van der Waals surface area (Å²) >= 11 is 0. The fourth-order valence-corrected chi connectivity index (χ4v) is 6.78. The van der Waals surface area contributed by atoms with E-state index in [4.69, 9.17) is 23.7 Å². The molecule has 0 aliphatic carbocycles. The maximum absolute atomic E-state index is 14.3. The van der Waals surface area contributed by atoms with Crippen LogP contribution in [0.25, 0.3) is 0 Å². The first-order chi connectivity index (χ1) is 24.9. The second kappa shape index (κ2) is 16.7. The van der Waals surface area contributed by atoms with Crippen molar-refractivity contribution in [2.75, 3.05) is 6.61 Å². The van der Waals surface area contributed by atoms with Crippen molar-refractivity contribution in [3.63, 3.8) is 0 Å². The van der Waals surface area contributed by atoms with E-state index in [1.54, 1.807) is 115 Å². The Bertz CT molecular complexity index is 1960. The summed E-state index contributed by atoms with van der Waals surface area (Å²) in [6.45, 7) is -0.512. The van der Waals surface area contributed by atoms with Crippen LogP contribution in [0, 0.1) is 0 Å². The van der Waals surface area contributed by atoms with Crippen molar-refractivity contribution in [1.29, 1.82) is 0 Å². The van der Waals surface area contributed by atoms with Gasteiger partial charge in [-0.25, -0.2) is 19.2 Å². The molecule has 51 heavy (non-hydrogen) atoms. The third-order valence-electron chi connectivity index (χ3n) is 7.92. The lowest BCUT2D eigenvalue weighted by Gasteiger charge is -2.44. The molecule has 6 atom stereocenters. The molecule has 0 aromatic heterocycles. The molecule has 11 heteroatoms. The van der Waals surface area contributed by atoms with Crippen molar-refractivity contribution >= 4 is 34.7 Å². The van der Waals surface area contributed by atoms with E-state index in [1.165, 1.54) is 36.4 Å². The third-order valence-corrected chi connectivity index (χ3v) is 9.46. The molecule has 258 valence electrons. The number of esters is 4. The molecule has 1 aliphatic rings. The van der Waals surface area contributed by atoms with Gasteiger partial charge >= 0.3 is 23.9 Å². The second-order valence-corrected chi connectivity index (χ2v) is 12.9. The van der Waals surface area contributed by atoms with Crippen LogP contribution in [0.2, 0.25) is 0 Å². The van der Waals surface area contributed by atoms with E-state index in [0.717, 1.165) is 0 Å². The van der Waals surface area contributed by atoms with Gasteiger partial charge in [0.2, 0.25) is 0 Å². The van der Waals surface area contributed by atoms with Crippen LogP contribution in [0.5, 0.6) is 0 Å². The first-order valence-electron chi connectivity index (χ1n) is 16.0. The van der Waals surface area contributed by atoms with Gasteiger partial charge in [0.1, 0.15) is 12.7 Å². The number of rotatable bonds is 11. The number of carbonyl (C=O) groups excluding carboxylic acids is 4. The fraction of sp³-hybridized carbons (Fsp3) is 0.150. The van der Waals surface area contributed by atoms with Crippen LogP contribution in [0.1, 0.15) is 41.4 Å². The molecule has 10 nitrogen and oxygen atoms in total. The van der Waals surface area contributed by atoms with Crippen LogP contribution < -0.4 is 0 Å². The van der Waals surface area contributed by atoms with Gasteiger partial charge in [0.15, 0.2) is 23.7 Å². The number of benzene rings is 5. The number of hydrogen-bond acceptors (Lipinski definition) is 10.